The molecule has 0 saturated heterocycles. The van der Waals surface area contributed by atoms with E-state index in [9.17, 15) is 14.3 Å². The van der Waals surface area contributed by atoms with Gasteiger partial charge in [-0.3, -0.25) is 9.78 Å². The molecule has 3 N–H and O–H groups in total. The zero-order chi connectivity index (χ0) is 23.2. The molecule has 4 aromatic heterocycles. The quantitative estimate of drug-likeness (QED) is 0.402. The Morgan fingerprint density at radius 1 is 1.12 bits per heavy atom. The van der Waals surface area contributed by atoms with Crippen LogP contribution < -0.4 is 5.32 Å². The molecule has 0 aliphatic heterocycles. The number of nitrogens with one attached hydrogen (secondary N) is 2. The number of rotatable bonds is 5. The second-order valence-corrected chi connectivity index (χ2v) is 9.16. The lowest BCUT2D eigenvalue weighted by atomic mass is 9.61. The second-order valence-electron chi connectivity index (χ2n) is 9.16. The zero-order valence-corrected chi connectivity index (χ0v) is 18.3. The van der Waals surface area contributed by atoms with Crippen LogP contribution in [-0.2, 0) is 4.79 Å². The summed E-state index contributed by atoms with van der Waals surface area (Å²) in [7, 11) is 0. The number of aromatic amines is 1. The highest BCUT2D eigenvalue weighted by Crippen LogP contribution is 2.46. The third-order valence-electron chi connectivity index (χ3n) is 7.24. The molecule has 0 aromatic carbocycles. The molecule has 0 spiro atoms. The molecule has 8 nitrogen and oxygen atoms in total. The monoisotopic (exact) mass is 458 g/mol. The molecule has 3 aliphatic carbocycles. The fourth-order valence-corrected chi connectivity index (χ4v) is 5.65. The first-order valence-corrected chi connectivity index (χ1v) is 11.5. The number of aliphatic carboxylic acids is 1. The highest BCUT2D eigenvalue weighted by Gasteiger charge is 2.47. The van der Waals surface area contributed by atoms with Crippen LogP contribution in [0.25, 0.3) is 33.7 Å². The van der Waals surface area contributed by atoms with Crippen molar-refractivity contribution in [3.8, 4) is 22.6 Å². The minimum absolute atomic E-state index is 0.182. The number of carboxylic acids is 1. The number of hydrogen-bond donors (Lipinski definition) is 3. The summed E-state index contributed by atoms with van der Waals surface area (Å²) >= 11 is 0. The Morgan fingerprint density at radius 2 is 1.94 bits per heavy atom. The van der Waals surface area contributed by atoms with Gasteiger partial charge in [0, 0.05) is 47.2 Å². The SMILES string of the molecule is O=C(O)C1C2CCC(CC2)C1Nc1cc(-c2cccnc2)nc(-c2c[nH]c3ncc(F)cc23)n1. The van der Waals surface area contributed by atoms with Crippen LogP contribution >= 0.6 is 0 Å². The summed E-state index contributed by atoms with van der Waals surface area (Å²) in [5.74, 6) is -0.232. The minimum atomic E-state index is -0.758. The van der Waals surface area contributed by atoms with Gasteiger partial charge in [0.05, 0.1) is 17.8 Å². The standard InChI is InChI=1S/C25H23FN6O2/c26-16-8-17-18(12-29-23(17)28-11-16)24-30-19(15-2-1-7-27-10-15)9-20(32-24)31-22-14-5-3-13(4-6-14)21(22)25(33)34/h1-2,7-14,21-22H,3-6H2,(H,28,29)(H,33,34)(H,30,31,32). The van der Waals surface area contributed by atoms with Gasteiger partial charge in [-0.05, 0) is 55.7 Å². The number of aromatic nitrogens is 5. The van der Waals surface area contributed by atoms with E-state index >= 15 is 0 Å². The lowest BCUT2D eigenvalue weighted by Crippen LogP contribution is -2.51. The van der Waals surface area contributed by atoms with Gasteiger partial charge in [0.25, 0.3) is 0 Å². The molecule has 2 bridgehead atoms. The van der Waals surface area contributed by atoms with Crippen molar-refractivity contribution in [2.24, 2.45) is 17.8 Å². The Morgan fingerprint density at radius 3 is 2.71 bits per heavy atom. The average Bonchev–Trinajstić information content (AvgIpc) is 3.28. The number of fused-ring (bicyclic) bond motifs is 4. The fourth-order valence-electron chi connectivity index (χ4n) is 5.65. The van der Waals surface area contributed by atoms with Crippen molar-refractivity contribution in [2.75, 3.05) is 5.32 Å². The van der Waals surface area contributed by atoms with Gasteiger partial charge in [-0.15, -0.1) is 0 Å². The predicted octanol–water partition coefficient (Wildman–Crippen LogP) is 4.52. The van der Waals surface area contributed by atoms with E-state index in [1.165, 1.54) is 6.07 Å². The molecule has 3 fully saturated rings. The van der Waals surface area contributed by atoms with E-state index in [0.717, 1.165) is 37.4 Å². The Hall–Kier alpha value is -3.88. The van der Waals surface area contributed by atoms with Crippen LogP contribution in [0.4, 0.5) is 10.2 Å². The molecule has 4 aromatic rings. The molecule has 4 heterocycles. The molecule has 0 radical (unpaired) electrons. The zero-order valence-electron chi connectivity index (χ0n) is 18.3. The van der Waals surface area contributed by atoms with Crippen LogP contribution in [0.2, 0.25) is 0 Å². The molecule has 3 saturated carbocycles. The first-order chi connectivity index (χ1) is 16.6. The normalized spacial score (nSPS) is 23.8. The maximum atomic E-state index is 14.0. The largest absolute Gasteiger partial charge is 0.481 e. The Bertz CT molecular complexity index is 1370. The summed E-state index contributed by atoms with van der Waals surface area (Å²) in [6, 6.07) is 6.77. The first kappa shape index (κ1) is 20.7. The fraction of sp³-hybridized carbons (Fsp3) is 0.320. The number of hydrogen-bond acceptors (Lipinski definition) is 6. The van der Waals surface area contributed by atoms with E-state index in [1.54, 1.807) is 18.6 Å². The predicted molar refractivity (Wildman–Crippen MR) is 124 cm³/mol. The van der Waals surface area contributed by atoms with Crippen molar-refractivity contribution in [1.29, 1.82) is 0 Å². The van der Waals surface area contributed by atoms with Gasteiger partial charge in [-0.2, -0.15) is 0 Å². The number of nitrogens with zero attached hydrogens (tertiary/aromatic N) is 4. The molecule has 2 unspecified atom stereocenters. The smallest absolute Gasteiger partial charge is 0.308 e. The maximum absolute atomic E-state index is 14.0. The molecule has 0 amide bonds. The molecular formula is C25H23FN6O2. The minimum Gasteiger partial charge on any atom is -0.481 e. The third kappa shape index (κ3) is 3.57. The van der Waals surface area contributed by atoms with Gasteiger partial charge in [-0.25, -0.2) is 19.3 Å². The highest BCUT2D eigenvalue weighted by molar-refractivity contribution is 5.92. The Labute approximate surface area is 194 Å². The first-order valence-electron chi connectivity index (χ1n) is 11.5. The van der Waals surface area contributed by atoms with E-state index in [2.05, 4.69) is 20.3 Å². The number of carbonyl (C=O) groups is 1. The van der Waals surface area contributed by atoms with Crippen LogP contribution in [0.3, 0.4) is 0 Å². The highest BCUT2D eigenvalue weighted by atomic mass is 19.1. The van der Waals surface area contributed by atoms with Crippen molar-refractivity contribution < 1.29 is 14.3 Å². The topological polar surface area (TPSA) is 117 Å². The Balaban J connectivity index is 1.46. The van der Waals surface area contributed by atoms with Gasteiger partial charge in [0.15, 0.2) is 5.82 Å². The van der Waals surface area contributed by atoms with E-state index in [-0.39, 0.29) is 17.9 Å². The summed E-state index contributed by atoms with van der Waals surface area (Å²) in [5, 5.41) is 14.0. The molecule has 7 rings (SSSR count). The van der Waals surface area contributed by atoms with Crippen LogP contribution in [0.1, 0.15) is 25.7 Å². The van der Waals surface area contributed by atoms with Gasteiger partial charge in [0.1, 0.15) is 17.3 Å². The average molecular weight is 458 g/mol. The van der Waals surface area contributed by atoms with Gasteiger partial charge in [0.2, 0.25) is 0 Å². The van der Waals surface area contributed by atoms with Crippen LogP contribution in [0.5, 0.6) is 0 Å². The molecule has 9 heteroatoms. The summed E-state index contributed by atoms with van der Waals surface area (Å²) in [6.45, 7) is 0. The Kier molecular flexibility index (Phi) is 4.97. The van der Waals surface area contributed by atoms with E-state index in [1.807, 2.05) is 18.2 Å². The third-order valence-corrected chi connectivity index (χ3v) is 7.24. The van der Waals surface area contributed by atoms with Crippen LogP contribution in [0, 0.1) is 23.6 Å². The van der Waals surface area contributed by atoms with Crippen LogP contribution in [-0.4, -0.2) is 42.0 Å². The summed E-state index contributed by atoms with van der Waals surface area (Å²) in [6.07, 6.45) is 10.2. The number of anilines is 1. The molecule has 34 heavy (non-hydrogen) atoms. The molecule has 2 atom stereocenters. The van der Waals surface area contributed by atoms with Crippen LogP contribution in [0.15, 0.2) is 49.1 Å². The second kappa shape index (κ2) is 8.16. The van der Waals surface area contributed by atoms with Crippen molar-refractivity contribution in [3.63, 3.8) is 0 Å². The summed E-state index contributed by atoms with van der Waals surface area (Å²) < 4.78 is 14.0. The summed E-state index contributed by atoms with van der Waals surface area (Å²) in [5.41, 5.74) is 2.61. The van der Waals surface area contributed by atoms with E-state index in [0.29, 0.717) is 33.9 Å². The molecular weight excluding hydrogens is 435 g/mol. The van der Waals surface area contributed by atoms with Gasteiger partial charge in [-0.1, -0.05) is 0 Å². The van der Waals surface area contributed by atoms with Crippen molar-refractivity contribution in [3.05, 3.63) is 54.9 Å². The molecule has 172 valence electrons. The number of pyridine rings is 2. The molecule has 3 aliphatic rings. The maximum Gasteiger partial charge on any atom is 0.308 e. The number of halogens is 1. The van der Waals surface area contributed by atoms with Crippen molar-refractivity contribution in [2.45, 2.75) is 31.7 Å². The lowest BCUT2D eigenvalue weighted by Gasteiger charge is -2.47. The van der Waals surface area contributed by atoms with Gasteiger partial charge < -0.3 is 15.4 Å². The number of H-pyrrole nitrogens is 1. The van der Waals surface area contributed by atoms with Gasteiger partial charge >= 0.3 is 5.97 Å². The van der Waals surface area contributed by atoms with Crippen molar-refractivity contribution >= 4 is 22.8 Å². The lowest BCUT2D eigenvalue weighted by molar-refractivity contribution is -0.148. The van der Waals surface area contributed by atoms with E-state index in [4.69, 9.17) is 9.97 Å². The van der Waals surface area contributed by atoms with E-state index < -0.39 is 17.7 Å². The van der Waals surface area contributed by atoms with Crippen molar-refractivity contribution in [1.82, 2.24) is 24.9 Å². The summed E-state index contributed by atoms with van der Waals surface area (Å²) in [4.78, 5) is 33.0. The number of carboxylic acid groups (broad SMARTS) is 1.